The van der Waals surface area contributed by atoms with E-state index in [-0.39, 0.29) is 11.7 Å². The molecule has 6 heteroatoms. The minimum absolute atomic E-state index is 0.143. The number of unbranched alkanes of at least 4 members (excludes halogenated alkanes) is 3. The van der Waals surface area contributed by atoms with Crippen LogP contribution in [0.5, 0.6) is 0 Å². The maximum Gasteiger partial charge on any atom is 0.174 e. The predicted octanol–water partition coefficient (Wildman–Crippen LogP) is 4.14. The molecule has 1 saturated carbocycles. The van der Waals surface area contributed by atoms with Gasteiger partial charge in [-0.05, 0) is 42.9 Å². The molecule has 1 fully saturated rings. The maximum atomic E-state index is 13.0. The van der Waals surface area contributed by atoms with Crippen LogP contribution in [0.3, 0.4) is 0 Å². The van der Waals surface area contributed by atoms with Crippen molar-refractivity contribution in [1.29, 1.82) is 0 Å². The molecule has 5 nitrogen and oxygen atoms in total. The third-order valence-corrected chi connectivity index (χ3v) is 5.12. The van der Waals surface area contributed by atoms with Crippen LogP contribution in [0.15, 0.2) is 30.3 Å². The molecule has 1 aromatic carbocycles. The number of aryl methyl sites for hydroxylation is 1. The molecule has 138 valence electrons. The molecule has 1 aliphatic carbocycles. The Balaban J connectivity index is 1.40. The zero-order valence-electron chi connectivity index (χ0n) is 14.9. The van der Waals surface area contributed by atoms with Gasteiger partial charge in [-0.3, -0.25) is 4.79 Å². The summed E-state index contributed by atoms with van der Waals surface area (Å²) in [7, 11) is 0. The molecule has 26 heavy (non-hydrogen) atoms. The van der Waals surface area contributed by atoms with Crippen molar-refractivity contribution in [2.75, 3.05) is 0 Å². The first kappa shape index (κ1) is 18.4. The van der Waals surface area contributed by atoms with Gasteiger partial charge in [-0.2, -0.15) is 5.21 Å². The summed E-state index contributed by atoms with van der Waals surface area (Å²) in [5.74, 6) is 1.39. The van der Waals surface area contributed by atoms with Gasteiger partial charge in [0.2, 0.25) is 0 Å². The van der Waals surface area contributed by atoms with E-state index >= 15 is 0 Å². The number of allylic oxidation sites excluding steroid dienone is 1. The Bertz CT molecular complexity index is 712. The van der Waals surface area contributed by atoms with Crippen molar-refractivity contribution in [1.82, 2.24) is 20.6 Å². The number of hydrogen-bond acceptors (Lipinski definition) is 4. The number of nitrogens with one attached hydrogen (secondary N) is 1. The van der Waals surface area contributed by atoms with Crippen molar-refractivity contribution in [3.8, 4) is 0 Å². The Morgan fingerprint density at radius 3 is 2.73 bits per heavy atom. The molecule has 0 radical (unpaired) electrons. The summed E-state index contributed by atoms with van der Waals surface area (Å²) in [5.41, 5.74) is 0.978. The van der Waals surface area contributed by atoms with E-state index < -0.39 is 0 Å². The van der Waals surface area contributed by atoms with Crippen LogP contribution in [0.1, 0.15) is 56.3 Å². The first-order valence-corrected chi connectivity index (χ1v) is 9.41. The number of Topliss-reactive ketones (excluding diaryl/α,β-unsaturated/α-hetero) is 1. The van der Waals surface area contributed by atoms with Gasteiger partial charge in [-0.25, -0.2) is 4.39 Å². The lowest BCUT2D eigenvalue weighted by Crippen LogP contribution is -2.13. The van der Waals surface area contributed by atoms with Gasteiger partial charge in [0.25, 0.3) is 0 Å². The minimum atomic E-state index is -0.226. The van der Waals surface area contributed by atoms with Crippen LogP contribution in [0.2, 0.25) is 0 Å². The molecule has 1 heterocycles. The predicted molar refractivity (Wildman–Crippen MR) is 97.6 cm³/mol. The molecule has 2 atom stereocenters. The van der Waals surface area contributed by atoms with E-state index in [4.69, 9.17) is 0 Å². The zero-order chi connectivity index (χ0) is 18.2. The summed E-state index contributed by atoms with van der Waals surface area (Å²) in [4.78, 5) is 12.2. The van der Waals surface area contributed by atoms with Gasteiger partial charge in [0, 0.05) is 18.8 Å². The van der Waals surface area contributed by atoms with Gasteiger partial charge >= 0.3 is 0 Å². The Labute approximate surface area is 153 Å². The fourth-order valence-corrected chi connectivity index (χ4v) is 3.64. The molecule has 0 saturated heterocycles. The average molecular weight is 356 g/mol. The zero-order valence-corrected chi connectivity index (χ0v) is 14.9. The summed E-state index contributed by atoms with van der Waals surface area (Å²) in [6.45, 7) is 0. The van der Waals surface area contributed by atoms with Crippen LogP contribution < -0.4 is 0 Å². The van der Waals surface area contributed by atoms with Crippen LogP contribution >= 0.6 is 0 Å². The molecule has 2 aromatic rings. The van der Waals surface area contributed by atoms with E-state index in [1.165, 1.54) is 12.1 Å². The number of rotatable bonds is 9. The number of benzene rings is 1. The van der Waals surface area contributed by atoms with Gasteiger partial charge < -0.3 is 0 Å². The second kappa shape index (κ2) is 9.36. The largest absolute Gasteiger partial charge is 0.299 e. The Morgan fingerprint density at radius 2 is 1.96 bits per heavy atom. The van der Waals surface area contributed by atoms with Gasteiger partial charge in [-0.1, -0.05) is 48.8 Å². The van der Waals surface area contributed by atoms with Crippen molar-refractivity contribution in [2.45, 2.75) is 51.4 Å². The quantitative estimate of drug-likeness (QED) is 0.686. The fourth-order valence-electron chi connectivity index (χ4n) is 3.64. The SMILES string of the molecule is O=C1CCC(/C=C/c2ccc(F)cc2)C1CCCCCCc1nn[nH]n1. The minimum Gasteiger partial charge on any atom is -0.299 e. The molecular formula is C20H25FN4O. The first-order chi connectivity index (χ1) is 12.7. The molecule has 0 aliphatic heterocycles. The number of nitrogens with zero attached hydrogens (tertiary/aromatic N) is 3. The van der Waals surface area contributed by atoms with Crippen LogP contribution in [0.4, 0.5) is 4.39 Å². The van der Waals surface area contributed by atoms with E-state index in [0.717, 1.165) is 56.3 Å². The van der Waals surface area contributed by atoms with E-state index in [1.54, 1.807) is 12.1 Å². The lowest BCUT2D eigenvalue weighted by atomic mass is 9.89. The van der Waals surface area contributed by atoms with Gasteiger partial charge in [0.15, 0.2) is 5.82 Å². The highest BCUT2D eigenvalue weighted by molar-refractivity contribution is 5.83. The Hall–Kier alpha value is -2.37. The van der Waals surface area contributed by atoms with E-state index in [1.807, 2.05) is 6.08 Å². The van der Waals surface area contributed by atoms with Crippen molar-refractivity contribution in [2.24, 2.45) is 11.8 Å². The van der Waals surface area contributed by atoms with Crippen molar-refractivity contribution in [3.05, 3.63) is 47.5 Å². The van der Waals surface area contributed by atoms with E-state index in [9.17, 15) is 9.18 Å². The third kappa shape index (κ3) is 5.31. The highest BCUT2D eigenvalue weighted by Gasteiger charge is 2.32. The Morgan fingerprint density at radius 1 is 1.15 bits per heavy atom. The van der Waals surface area contributed by atoms with Gasteiger partial charge in [0.05, 0.1) is 0 Å². The summed E-state index contributed by atoms with van der Waals surface area (Å²) >= 11 is 0. The monoisotopic (exact) mass is 356 g/mol. The maximum absolute atomic E-state index is 13.0. The summed E-state index contributed by atoms with van der Waals surface area (Å²) in [6, 6.07) is 6.46. The molecule has 0 spiro atoms. The molecule has 1 N–H and O–H groups in total. The van der Waals surface area contributed by atoms with Crippen LogP contribution in [0, 0.1) is 17.7 Å². The number of H-pyrrole nitrogens is 1. The Kier molecular flexibility index (Phi) is 6.63. The highest BCUT2D eigenvalue weighted by Crippen LogP contribution is 2.34. The summed E-state index contributed by atoms with van der Waals surface area (Å²) < 4.78 is 13.0. The molecule has 0 amide bonds. The standard InChI is InChI=1S/C20H25FN4O/c21-17-12-8-15(9-13-17)7-10-16-11-14-19(26)18(16)5-3-1-2-4-6-20-22-24-25-23-20/h7-10,12-13,16,18H,1-6,11,14H2,(H,22,23,24,25)/b10-7+. The van der Waals surface area contributed by atoms with Crippen molar-refractivity contribution in [3.63, 3.8) is 0 Å². The third-order valence-electron chi connectivity index (χ3n) is 5.12. The number of ketones is 1. The number of carbonyl (C=O) groups excluding carboxylic acids is 1. The van der Waals surface area contributed by atoms with Crippen LogP contribution in [-0.4, -0.2) is 26.4 Å². The fraction of sp³-hybridized carbons (Fsp3) is 0.500. The lowest BCUT2D eigenvalue weighted by Gasteiger charge is -2.14. The van der Waals surface area contributed by atoms with E-state index in [2.05, 4.69) is 26.7 Å². The number of tetrazole rings is 1. The number of aromatic nitrogens is 4. The van der Waals surface area contributed by atoms with E-state index in [0.29, 0.717) is 18.1 Å². The first-order valence-electron chi connectivity index (χ1n) is 9.41. The lowest BCUT2D eigenvalue weighted by molar-refractivity contribution is -0.121. The second-order valence-corrected chi connectivity index (χ2v) is 6.97. The smallest absolute Gasteiger partial charge is 0.174 e. The van der Waals surface area contributed by atoms with Crippen molar-refractivity contribution >= 4 is 11.9 Å². The van der Waals surface area contributed by atoms with Crippen molar-refractivity contribution < 1.29 is 9.18 Å². The second-order valence-electron chi connectivity index (χ2n) is 6.97. The number of hydrogen-bond donors (Lipinski definition) is 1. The number of carbonyl (C=O) groups is 1. The highest BCUT2D eigenvalue weighted by atomic mass is 19.1. The number of halogens is 1. The normalized spacial score (nSPS) is 20.3. The molecule has 0 bridgehead atoms. The number of aromatic amines is 1. The molecular weight excluding hydrogens is 331 g/mol. The molecule has 1 aliphatic rings. The molecule has 1 aromatic heterocycles. The molecule has 2 unspecified atom stereocenters. The average Bonchev–Trinajstić information content (AvgIpc) is 3.28. The summed E-state index contributed by atoms with van der Waals surface area (Å²) in [5, 5.41) is 13.9. The summed E-state index contributed by atoms with van der Waals surface area (Å²) in [6.07, 6.45) is 11.9. The topological polar surface area (TPSA) is 71.5 Å². The van der Waals surface area contributed by atoms with Crippen LogP contribution in [-0.2, 0) is 11.2 Å². The molecule has 3 rings (SSSR count). The van der Waals surface area contributed by atoms with Crippen LogP contribution in [0.25, 0.3) is 6.08 Å². The van der Waals surface area contributed by atoms with Gasteiger partial charge in [-0.15, -0.1) is 10.2 Å². The van der Waals surface area contributed by atoms with Gasteiger partial charge in [0.1, 0.15) is 11.6 Å².